The highest BCUT2D eigenvalue weighted by molar-refractivity contribution is 5.77. The van der Waals surface area contributed by atoms with E-state index >= 15 is 0 Å². The zero-order chi connectivity index (χ0) is 21.3. The van der Waals surface area contributed by atoms with Crippen LogP contribution in [-0.4, -0.2) is 36.1 Å². The van der Waals surface area contributed by atoms with Gasteiger partial charge in [-0.2, -0.15) is 10.1 Å². The Morgan fingerprint density at radius 1 is 0.933 bits per heavy atom. The molecule has 3 aromatic rings. The van der Waals surface area contributed by atoms with Gasteiger partial charge >= 0.3 is 0 Å². The Bertz CT molecular complexity index is 1070. The number of anilines is 1. The van der Waals surface area contributed by atoms with Gasteiger partial charge in [0.1, 0.15) is 18.1 Å². The van der Waals surface area contributed by atoms with Crippen LogP contribution in [-0.2, 0) is 0 Å². The molecule has 30 heavy (non-hydrogen) atoms. The molecule has 1 aliphatic heterocycles. The number of rotatable bonds is 6. The van der Waals surface area contributed by atoms with Gasteiger partial charge in [0.15, 0.2) is 11.5 Å². The van der Waals surface area contributed by atoms with Gasteiger partial charge < -0.3 is 19.5 Å². The predicted octanol–water partition coefficient (Wildman–Crippen LogP) is 4.48. The van der Waals surface area contributed by atoms with Crippen LogP contribution in [0.1, 0.15) is 42.5 Å². The molecular weight excluding hydrogens is 380 g/mol. The summed E-state index contributed by atoms with van der Waals surface area (Å²) in [7, 11) is 4.87. The third kappa shape index (κ3) is 3.47. The summed E-state index contributed by atoms with van der Waals surface area (Å²) in [4.78, 5) is 4.39. The molecule has 4 rings (SSSR count). The number of hydrogen-bond acceptors (Lipinski definition) is 6. The second kappa shape index (κ2) is 8.10. The minimum absolute atomic E-state index is 0.224. The van der Waals surface area contributed by atoms with E-state index in [2.05, 4.69) is 59.6 Å². The maximum absolute atomic E-state index is 5.67. The summed E-state index contributed by atoms with van der Waals surface area (Å²) < 4.78 is 18.4. The topological polar surface area (TPSA) is 70.4 Å². The molecule has 1 aliphatic rings. The van der Waals surface area contributed by atoms with Crippen molar-refractivity contribution in [2.45, 2.75) is 25.8 Å². The SMILES string of the molecule is COc1cc(OC)c(C2C=C(c3ccc(C(C)C)cc3)Nc3ncnn32)cc1OC. The fraction of sp³-hybridized carbons (Fsp3) is 0.304. The van der Waals surface area contributed by atoms with Gasteiger partial charge in [0, 0.05) is 17.3 Å². The zero-order valence-corrected chi connectivity index (χ0v) is 17.8. The van der Waals surface area contributed by atoms with Crippen LogP contribution in [0.3, 0.4) is 0 Å². The largest absolute Gasteiger partial charge is 0.496 e. The van der Waals surface area contributed by atoms with Gasteiger partial charge in [0.2, 0.25) is 5.95 Å². The maximum atomic E-state index is 5.67. The average Bonchev–Trinajstić information content (AvgIpc) is 3.26. The van der Waals surface area contributed by atoms with E-state index in [1.807, 2.05) is 16.8 Å². The second-order valence-corrected chi connectivity index (χ2v) is 7.40. The summed E-state index contributed by atoms with van der Waals surface area (Å²) in [5.41, 5.74) is 4.25. The molecule has 1 N–H and O–H groups in total. The Hall–Kier alpha value is -3.48. The van der Waals surface area contributed by atoms with Crippen molar-refractivity contribution in [2.75, 3.05) is 26.6 Å². The zero-order valence-electron chi connectivity index (χ0n) is 17.8. The van der Waals surface area contributed by atoms with Crippen molar-refractivity contribution in [1.29, 1.82) is 0 Å². The van der Waals surface area contributed by atoms with E-state index in [9.17, 15) is 0 Å². The molecule has 1 unspecified atom stereocenters. The van der Waals surface area contributed by atoms with E-state index < -0.39 is 0 Å². The molecule has 0 fully saturated rings. The van der Waals surface area contributed by atoms with Crippen LogP contribution in [0.15, 0.2) is 48.8 Å². The minimum atomic E-state index is -0.224. The number of methoxy groups -OCH3 is 3. The summed E-state index contributed by atoms with van der Waals surface area (Å²) >= 11 is 0. The highest BCUT2D eigenvalue weighted by Crippen LogP contribution is 2.41. The van der Waals surface area contributed by atoms with Gasteiger partial charge in [-0.3, -0.25) is 0 Å². The Balaban J connectivity index is 1.82. The quantitative estimate of drug-likeness (QED) is 0.651. The van der Waals surface area contributed by atoms with Gasteiger partial charge in [-0.15, -0.1) is 0 Å². The number of nitrogens with zero attached hydrogens (tertiary/aromatic N) is 3. The van der Waals surface area contributed by atoms with Crippen molar-refractivity contribution in [3.63, 3.8) is 0 Å². The van der Waals surface area contributed by atoms with Crippen molar-refractivity contribution in [3.8, 4) is 17.2 Å². The van der Waals surface area contributed by atoms with Gasteiger partial charge in [-0.1, -0.05) is 38.1 Å². The lowest BCUT2D eigenvalue weighted by atomic mass is 9.98. The lowest BCUT2D eigenvalue weighted by molar-refractivity contribution is 0.346. The predicted molar refractivity (Wildman–Crippen MR) is 116 cm³/mol. The first kappa shape index (κ1) is 19.8. The van der Waals surface area contributed by atoms with Crippen LogP contribution in [0.5, 0.6) is 17.2 Å². The van der Waals surface area contributed by atoms with E-state index in [4.69, 9.17) is 14.2 Å². The van der Waals surface area contributed by atoms with Gasteiger partial charge in [0.25, 0.3) is 0 Å². The van der Waals surface area contributed by atoms with E-state index in [-0.39, 0.29) is 6.04 Å². The first-order valence-corrected chi connectivity index (χ1v) is 9.84. The lowest BCUT2D eigenvalue weighted by Crippen LogP contribution is -2.21. The Labute approximate surface area is 176 Å². The number of fused-ring (bicyclic) bond motifs is 1. The van der Waals surface area contributed by atoms with E-state index in [1.165, 1.54) is 5.56 Å². The van der Waals surface area contributed by atoms with Crippen molar-refractivity contribution in [2.24, 2.45) is 0 Å². The molecule has 1 aromatic heterocycles. The van der Waals surface area contributed by atoms with E-state index in [1.54, 1.807) is 27.7 Å². The normalized spacial score (nSPS) is 15.3. The molecule has 2 heterocycles. The molecule has 0 amide bonds. The molecule has 0 radical (unpaired) electrons. The standard InChI is InChI=1S/C23H26N4O3/c1-14(2)15-6-8-16(9-7-15)18-11-19(27-23(26-18)24-13-25-27)17-10-21(29-4)22(30-5)12-20(17)28-3/h6-14,19H,1-5H3,(H,24,25,26). The first-order valence-electron chi connectivity index (χ1n) is 9.84. The van der Waals surface area contributed by atoms with E-state index in [0.29, 0.717) is 29.1 Å². The number of ether oxygens (including phenoxy) is 3. The van der Waals surface area contributed by atoms with Gasteiger partial charge in [-0.05, 0) is 29.2 Å². The number of benzene rings is 2. The van der Waals surface area contributed by atoms with Gasteiger partial charge in [0.05, 0.1) is 21.3 Å². The number of aromatic nitrogens is 3. The van der Waals surface area contributed by atoms with Crippen molar-refractivity contribution < 1.29 is 14.2 Å². The smallest absolute Gasteiger partial charge is 0.226 e. The fourth-order valence-corrected chi connectivity index (χ4v) is 3.66. The number of nitrogens with one attached hydrogen (secondary N) is 1. The minimum Gasteiger partial charge on any atom is -0.496 e. The fourth-order valence-electron chi connectivity index (χ4n) is 3.66. The molecule has 2 aromatic carbocycles. The van der Waals surface area contributed by atoms with Crippen molar-refractivity contribution >= 4 is 11.6 Å². The molecule has 7 heteroatoms. The van der Waals surface area contributed by atoms with Gasteiger partial charge in [-0.25, -0.2) is 4.68 Å². The summed E-state index contributed by atoms with van der Waals surface area (Å²) in [6, 6.07) is 12.1. The summed E-state index contributed by atoms with van der Waals surface area (Å²) in [5.74, 6) is 3.08. The van der Waals surface area contributed by atoms with Crippen LogP contribution >= 0.6 is 0 Å². The number of hydrogen-bond donors (Lipinski definition) is 1. The summed E-state index contributed by atoms with van der Waals surface area (Å²) in [6.07, 6.45) is 3.66. The van der Waals surface area contributed by atoms with Crippen LogP contribution in [0, 0.1) is 0 Å². The average molecular weight is 406 g/mol. The lowest BCUT2D eigenvalue weighted by Gasteiger charge is -2.26. The molecule has 7 nitrogen and oxygen atoms in total. The van der Waals surface area contributed by atoms with Crippen LogP contribution < -0.4 is 19.5 Å². The van der Waals surface area contributed by atoms with Crippen LogP contribution in [0.2, 0.25) is 0 Å². The Kier molecular flexibility index (Phi) is 5.35. The summed E-state index contributed by atoms with van der Waals surface area (Å²) in [6.45, 7) is 4.38. The Morgan fingerprint density at radius 3 is 2.23 bits per heavy atom. The molecule has 1 atom stereocenters. The van der Waals surface area contributed by atoms with E-state index in [0.717, 1.165) is 16.8 Å². The van der Waals surface area contributed by atoms with Crippen molar-refractivity contribution in [3.05, 3.63) is 65.5 Å². The molecule has 156 valence electrons. The molecule has 0 saturated carbocycles. The third-order valence-electron chi connectivity index (χ3n) is 5.35. The first-order chi connectivity index (χ1) is 14.5. The van der Waals surface area contributed by atoms with Crippen LogP contribution in [0.25, 0.3) is 5.70 Å². The maximum Gasteiger partial charge on any atom is 0.226 e. The molecular formula is C23H26N4O3. The molecule has 0 aliphatic carbocycles. The highest BCUT2D eigenvalue weighted by Gasteiger charge is 2.27. The molecule has 0 saturated heterocycles. The monoisotopic (exact) mass is 406 g/mol. The molecule has 0 spiro atoms. The molecule has 0 bridgehead atoms. The summed E-state index contributed by atoms with van der Waals surface area (Å²) in [5, 5.41) is 7.81. The van der Waals surface area contributed by atoms with Crippen molar-refractivity contribution in [1.82, 2.24) is 14.8 Å². The third-order valence-corrected chi connectivity index (χ3v) is 5.35. The highest BCUT2D eigenvalue weighted by atomic mass is 16.5. The second-order valence-electron chi connectivity index (χ2n) is 7.40. The Morgan fingerprint density at radius 2 is 1.60 bits per heavy atom. The van der Waals surface area contributed by atoms with Crippen LogP contribution in [0.4, 0.5) is 5.95 Å². The number of allylic oxidation sites excluding steroid dienone is 1.